The predicted molar refractivity (Wildman–Crippen MR) is 322 cm³/mol. The van der Waals surface area contributed by atoms with E-state index in [0.29, 0.717) is 45.8 Å². The van der Waals surface area contributed by atoms with Gasteiger partial charge in [-0.1, -0.05) is 49.1 Å². The van der Waals surface area contributed by atoms with Gasteiger partial charge in [0.2, 0.25) is 0 Å². The van der Waals surface area contributed by atoms with Crippen molar-refractivity contribution < 1.29 is 38.5 Å². The second-order valence-electron chi connectivity index (χ2n) is 19.8. The molecular formula is C63H66ClN7O8S. The fourth-order valence-electron chi connectivity index (χ4n) is 11.2. The summed E-state index contributed by atoms with van der Waals surface area (Å²) >= 11 is 1.81. The zero-order valence-corrected chi connectivity index (χ0v) is 48.4. The van der Waals surface area contributed by atoms with Gasteiger partial charge >= 0.3 is 23.9 Å². The van der Waals surface area contributed by atoms with Crippen LogP contribution in [-0.4, -0.2) is 94.9 Å². The zero-order valence-electron chi connectivity index (χ0n) is 46.8. The molecule has 0 spiro atoms. The van der Waals surface area contributed by atoms with Gasteiger partial charge in [0, 0.05) is 76.6 Å². The van der Waals surface area contributed by atoms with Gasteiger partial charge in [-0.3, -0.25) is 24.4 Å². The Morgan fingerprint density at radius 1 is 0.787 bits per heavy atom. The van der Waals surface area contributed by atoms with Crippen molar-refractivity contribution >= 4 is 119 Å². The first-order valence-corrected chi connectivity index (χ1v) is 27.3. The zero-order chi connectivity index (χ0) is 56.4. The number of nitrogens with zero attached hydrogens (tertiary/aromatic N) is 5. The van der Waals surface area contributed by atoms with Crippen LogP contribution in [0.4, 0.5) is 5.69 Å². The number of carboxylic acids is 1. The molecule has 414 valence electrons. The Hall–Kier alpha value is -8.21. The van der Waals surface area contributed by atoms with Crippen LogP contribution in [0.15, 0.2) is 102 Å². The average molecular weight is 1120 g/mol. The van der Waals surface area contributed by atoms with Crippen LogP contribution in [0, 0.1) is 19.8 Å². The summed E-state index contributed by atoms with van der Waals surface area (Å²) in [6.45, 7) is 21.1. The van der Waals surface area contributed by atoms with Crippen LogP contribution in [0.25, 0.3) is 76.4 Å². The van der Waals surface area contributed by atoms with E-state index >= 15 is 0 Å². The fourth-order valence-corrected chi connectivity index (χ4v) is 12.3. The molecular weight excluding hydrogens is 1050 g/mol. The van der Waals surface area contributed by atoms with Crippen molar-refractivity contribution in [3.05, 3.63) is 147 Å². The number of benzene rings is 3. The molecule has 0 saturated heterocycles. The molecule has 5 aromatic rings. The van der Waals surface area contributed by atoms with Crippen molar-refractivity contribution in [2.75, 3.05) is 45.9 Å². The van der Waals surface area contributed by atoms with Crippen molar-refractivity contribution in [1.29, 1.82) is 0 Å². The highest BCUT2D eigenvalue weighted by atomic mass is 35.5. The molecule has 3 N–H and O–H groups in total. The van der Waals surface area contributed by atoms with Gasteiger partial charge in [0.15, 0.2) is 0 Å². The monoisotopic (exact) mass is 1120 g/mol. The Balaban J connectivity index is 0.000000260. The van der Waals surface area contributed by atoms with Gasteiger partial charge < -0.3 is 34.2 Å². The summed E-state index contributed by atoms with van der Waals surface area (Å²) in [5, 5.41) is 13.1. The number of hydrogen-bond acceptors (Lipinski definition) is 13. The number of aromatic nitrogens is 5. The normalized spacial score (nSPS) is 15.8. The van der Waals surface area contributed by atoms with Crippen LogP contribution < -0.4 is 10.3 Å². The van der Waals surface area contributed by atoms with Gasteiger partial charge in [-0.2, -0.15) is 0 Å². The van der Waals surface area contributed by atoms with E-state index in [0.717, 1.165) is 80.6 Å². The number of allylic oxidation sites excluding steroid dienone is 5. The van der Waals surface area contributed by atoms with E-state index in [9.17, 15) is 24.3 Å². The Morgan fingerprint density at radius 3 is 2.16 bits per heavy atom. The van der Waals surface area contributed by atoms with Gasteiger partial charge in [-0.25, -0.2) is 14.8 Å². The number of nitrogens with one attached hydrogen (secondary N) is 2. The predicted octanol–water partition coefficient (Wildman–Crippen LogP) is 12.5. The first kappa shape index (κ1) is 58.0. The topological polar surface area (TPSA) is 202 Å². The fraction of sp³-hybridized carbons (Fsp3) is 0.302. The minimum Gasteiger partial charge on any atom is -0.481 e. The first-order valence-electron chi connectivity index (χ1n) is 26.5. The number of aromatic amines is 2. The number of halogens is 1. The van der Waals surface area contributed by atoms with Gasteiger partial charge in [0.1, 0.15) is 5.92 Å². The number of ether oxygens (including phenoxy) is 3. The highest BCUT2D eigenvalue weighted by Crippen LogP contribution is 2.52. The van der Waals surface area contributed by atoms with E-state index in [1.54, 1.807) is 18.2 Å². The SMILES string of the molecule is C=Cc1c(C)c2cc3nc(cc4[nH]c(cc5nc(cc1[nH]2)C(C)=C5CCC(=O)OC)c(CCC(=O)O)c4C)C1(C)C3=CC=C(C(=O)OC)C1C(=O)OC.CCN=c1cc2sc3cc(N(CC)CC)ccc3nc-2c2ccccc12.Cl. The lowest BCUT2D eigenvalue weighted by Gasteiger charge is -2.36. The number of aryl methyl sites for hydroxylation is 3. The molecule has 0 radical (unpaired) electrons. The molecule has 10 rings (SSSR count). The van der Waals surface area contributed by atoms with Crippen LogP contribution in [0.3, 0.4) is 0 Å². The van der Waals surface area contributed by atoms with Crippen molar-refractivity contribution in [3.63, 3.8) is 0 Å². The smallest absolute Gasteiger partial charge is 0.334 e. The molecule has 2 unspecified atom stereocenters. The number of carbonyl (C=O) groups excluding carboxylic acids is 3. The molecule has 0 amide bonds. The molecule has 80 heavy (non-hydrogen) atoms. The summed E-state index contributed by atoms with van der Waals surface area (Å²) in [5.74, 6) is -3.68. The molecule has 17 heteroatoms. The Labute approximate surface area is 474 Å². The summed E-state index contributed by atoms with van der Waals surface area (Å²) in [7, 11) is 3.89. The lowest BCUT2D eigenvalue weighted by Crippen LogP contribution is -2.42. The van der Waals surface area contributed by atoms with Crippen LogP contribution >= 0.6 is 23.7 Å². The van der Waals surface area contributed by atoms with Crippen molar-refractivity contribution in [3.8, 4) is 10.6 Å². The molecule has 0 fully saturated rings. The van der Waals surface area contributed by atoms with E-state index in [-0.39, 0.29) is 43.2 Å². The molecule has 6 heterocycles. The van der Waals surface area contributed by atoms with Gasteiger partial charge in [-0.15, -0.1) is 23.7 Å². The van der Waals surface area contributed by atoms with Crippen molar-refractivity contribution in [2.45, 2.75) is 79.6 Å². The summed E-state index contributed by atoms with van der Waals surface area (Å²) in [6, 6.07) is 24.8. The first-order chi connectivity index (χ1) is 38.0. The number of rotatable bonds is 13. The maximum atomic E-state index is 13.7. The Morgan fingerprint density at radius 2 is 1.49 bits per heavy atom. The summed E-state index contributed by atoms with van der Waals surface area (Å²) in [4.78, 5) is 81.4. The molecule has 2 atom stereocenters. The maximum Gasteiger partial charge on any atom is 0.334 e. The minimum atomic E-state index is -1.18. The third-order valence-electron chi connectivity index (χ3n) is 15.5. The average Bonchev–Trinajstić information content (AvgIpc) is 4.30. The standard InChI is InChI=1S/C41H42N4O8.C22H23N3S.ClH/c1-9-23-20(2)29-17-34-27-13-10-26(39(49)52-7)38(40(50)53-8)41(27,5)35(45-34)19-30-22(4)24(11-14-36(46)47)32(44-30)18-33-25(12-15-37(48)51-6)21(3)28(43-33)16-31(23)42-29;1-4-23-19-14-21-22(17-10-8-7-9-16(17)19)24-18-12-11-15(13-20(18)26-21)25(5-2)6-3;/h9-10,13,16-19,38,42,44H,1,11-12,14-15H2,2-8H3,(H,46,47);7-14H,4-6H2,1-3H3;1H. The van der Waals surface area contributed by atoms with Gasteiger partial charge in [0.05, 0.1) is 81.2 Å². The largest absolute Gasteiger partial charge is 0.481 e. The molecule has 3 aromatic heterocycles. The van der Waals surface area contributed by atoms with E-state index < -0.39 is 29.2 Å². The number of aliphatic carboxylic acids is 1. The van der Waals surface area contributed by atoms with E-state index in [2.05, 4.69) is 90.7 Å². The van der Waals surface area contributed by atoms with Gasteiger partial charge in [0.25, 0.3) is 0 Å². The lowest BCUT2D eigenvalue weighted by atomic mass is 9.64. The third-order valence-corrected chi connectivity index (χ3v) is 16.6. The molecule has 2 aromatic carbocycles. The van der Waals surface area contributed by atoms with Crippen LogP contribution in [0.5, 0.6) is 0 Å². The molecule has 0 saturated carbocycles. The van der Waals surface area contributed by atoms with Crippen LogP contribution in [-0.2, 0) is 45.2 Å². The molecule has 8 bridgehead atoms. The van der Waals surface area contributed by atoms with E-state index in [1.807, 2.05) is 63.3 Å². The number of esters is 3. The van der Waals surface area contributed by atoms with Crippen LogP contribution in [0.1, 0.15) is 98.9 Å². The number of methoxy groups -OCH3 is 3. The quantitative estimate of drug-likeness (QED) is 0.0427. The lowest BCUT2D eigenvalue weighted by molar-refractivity contribution is -0.149. The third kappa shape index (κ3) is 10.7. The summed E-state index contributed by atoms with van der Waals surface area (Å²) < 4.78 is 16.6. The molecule has 3 aliphatic heterocycles. The number of carboxylic acid groups (broad SMARTS) is 1. The van der Waals surface area contributed by atoms with Crippen molar-refractivity contribution in [1.82, 2.24) is 24.9 Å². The van der Waals surface area contributed by atoms with Crippen molar-refractivity contribution in [2.24, 2.45) is 10.9 Å². The second kappa shape index (κ2) is 24.0. The van der Waals surface area contributed by atoms with E-state index in [4.69, 9.17) is 34.2 Å². The Kier molecular flexibility index (Phi) is 17.4. The molecule has 15 nitrogen and oxygen atoms in total. The highest BCUT2D eigenvalue weighted by molar-refractivity contribution is 7.21. The van der Waals surface area contributed by atoms with Crippen LogP contribution in [0.2, 0.25) is 0 Å². The number of fused-ring (bicyclic) bond motifs is 15. The highest BCUT2D eigenvalue weighted by Gasteiger charge is 2.53. The number of carbonyl (C=O) groups is 4. The number of hydrogen-bond donors (Lipinski definition) is 3. The number of anilines is 1. The molecule has 5 aliphatic rings. The van der Waals surface area contributed by atoms with Gasteiger partial charge in [-0.05, 0) is 143 Å². The maximum absolute atomic E-state index is 13.7. The summed E-state index contributed by atoms with van der Waals surface area (Å²) in [6.07, 6.45) is 5.78. The van der Waals surface area contributed by atoms with E-state index in [1.165, 1.54) is 47.4 Å². The Bertz CT molecular complexity index is 3970. The molecule has 2 aliphatic carbocycles. The second-order valence-corrected chi connectivity index (χ2v) is 20.9. The number of H-pyrrole nitrogens is 2. The minimum absolute atomic E-state index is 0. The summed E-state index contributed by atoms with van der Waals surface area (Å²) in [5.41, 5.74) is 13.3.